The molecule has 2 aromatic rings. The zero-order valence-electron chi connectivity index (χ0n) is 16.7. The average Bonchev–Trinajstić information content (AvgIpc) is 2.71. The standard InChI is InChI=1S/C22H26N2O4S/c1-3-27-17-10-9-15(13-18(17)28-4-2)11-12-23-21(25)14-20-22(26)24-16-7-5-6-8-19(16)29-20/h5-10,13,20H,3-4,11-12,14H2,1-2H3,(H,23,25)(H,24,26). The largest absolute Gasteiger partial charge is 0.490 e. The SMILES string of the molecule is CCOc1ccc(CCNC(=O)CC2Sc3ccccc3NC2=O)cc1OCC. The summed E-state index contributed by atoms with van der Waals surface area (Å²) in [7, 11) is 0. The Bertz CT molecular complexity index is 872. The van der Waals surface area contributed by atoms with Crippen LogP contribution in [0.3, 0.4) is 0 Å². The van der Waals surface area contributed by atoms with Crippen molar-refractivity contribution in [2.45, 2.75) is 36.8 Å². The Kier molecular flexibility index (Phi) is 7.41. The molecule has 0 aliphatic carbocycles. The van der Waals surface area contributed by atoms with Crippen LogP contribution in [0.1, 0.15) is 25.8 Å². The minimum atomic E-state index is -0.417. The molecule has 1 heterocycles. The van der Waals surface area contributed by atoms with Crippen molar-refractivity contribution in [3.05, 3.63) is 48.0 Å². The van der Waals surface area contributed by atoms with E-state index in [0.717, 1.165) is 21.9 Å². The quantitative estimate of drug-likeness (QED) is 0.655. The average molecular weight is 415 g/mol. The number of thioether (sulfide) groups is 1. The summed E-state index contributed by atoms with van der Waals surface area (Å²) in [6.45, 7) is 5.49. The van der Waals surface area contributed by atoms with Gasteiger partial charge in [0.25, 0.3) is 0 Å². The Balaban J connectivity index is 1.50. The highest BCUT2D eigenvalue weighted by Crippen LogP contribution is 2.36. The molecule has 0 radical (unpaired) electrons. The Labute approximate surface area is 175 Å². The summed E-state index contributed by atoms with van der Waals surface area (Å²) >= 11 is 1.43. The van der Waals surface area contributed by atoms with Gasteiger partial charge in [0, 0.05) is 17.9 Å². The Morgan fingerprint density at radius 2 is 1.86 bits per heavy atom. The first kappa shape index (κ1) is 21.0. The predicted octanol–water partition coefficient (Wildman–Crippen LogP) is 3.65. The molecule has 0 bridgehead atoms. The number of anilines is 1. The zero-order valence-corrected chi connectivity index (χ0v) is 17.5. The number of carbonyl (C=O) groups excluding carboxylic acids is 2. The summed E-state index contributed by atoms with van der Waals surface area (Å²) < 4.78 is 11.2. The number of benzene rings is 2. The lowest BCUT2D eigenvalue weighted by molar-refractivity contribution is -0.124. The topological polar surface area (TPSA) is 76.7 Å². The summed E-state index contributed by atoms with van der Waals surface area (Å²) in [6, 6.07) is 13.4. The summed E-state index contributed by atoms with van der Waals surface area (Å²) in [5.74, 6) is 1.18. The number of hydrogen-bond acceptors (Lipinski definition) is 5. The summed E-state index contributed by atoms with van der Waals surface area (Å²) in [6.07, 6.45) is 0.823. The molecule has 7 heteroatoms. The minimum Gasteiger partial charge on any atom is -0.490 e. The highest BCUT2D eigenvalue weighted by molar-refractivity contribution is 8.01. The summed E-state index contributed by atoms with van der Waals surface area (Å²) in [4.78, 5) is 25.5. The summed E-state index contributed by atoms with van der Waals surface area (Å²) in [5, 5.41) is 5.36. The van der Waals surface area contributed by atoms with E-state index in [-0.39, 0.29) is 18.2 Å². The fraction of sp³-hybridized carbons (Fsp3) is 0.364. The van der Waals surface area contributed by atoms with Crippen LogP contribution in [0.2, 0.25) is 0 Å². The summed E-state index contributed by atoms with van der Waals surface area (Å²) in [5.41, 5.74) is 1.86. The first-order valence-corrected chi connectivity index (χ1v) is 10.7. The number of para-hydroxylation sites is 1. The van der Waals surface area contributed by atoms with Gasteiger partial charge in [0.05, 0.1) is 24.2 Å². The second-order valence-electron chi connectivity index (χ2n) is 6.54. The van der Waals surface area contributed by atoms with Crippen LogP contribution in [0.4, 0.5) is 5.69 Å². The maximum atomic E-state index is 12.3. The van der Waals surface area contributed by atoms with Crippen molar-refractivity contribution in [3.8, 4) is 11.5 Å². The van der Waals surface area contributed by atoms with Gasteiger partial charge in [-0.1, -0.05) is 18.2 Å². The van der Waals surface area contributed by atoms with Gasteiger partial charge >= 0.3 is 0 Å². The Morgan fingerprint density at radius 1 is 1.10 bits per heavy atom. The van der Waals surface area contributed by atoms with Crippen molar-refractivity contribution in [2.75, 3.05) is 25.1 Å². The van der Waals surface area contributed by atoms with Crippen LogP contribution in [0.5, 0.6) is 11.5 Å². The van der Waals surface area contributed by atoms with Gasteiger partial charge in [-0.25, -0.2) is 0 Å². The number of amides is 2. The number of rotatable bonds is 9. The molecule has 0 saturated heterocycles. The molecule has 2 N–H and O–H groups in total. The molecule has 29 heavy (non-hydrogen) atoms. The fourth-order valence-corrected chi connectivity index (χ4v) is 4.18. The molecule has 2 amide bonds. The second kappa shape index (κ2) is 10.2. The number of ether oxygens (including phenoxy) is 2. The number of nitrogens with one attached hydrogen (secondary N) is 2. The molecule has 1 atom stereocenters. The first-order chi connectivity index (χ1) is 14.1. The smallest absolute Gasteiger partial charge is 0.238 e. The van der Waals surface area contributed by atoms with Gasteiger partial charge in [-0.15, -0.1) is 11.8 Å². The van der Waals surface area contributed by atoms with E-state index in [1.165, 1.54) is 11.8 Å². The molecule has 6 nitrogen and oxygen atoms in total. The number of hydrogen-bond donors (Lipinski definition) is 2. The van der Waals surface area contributed by atoms with Crippen LogP contribution in [-0.2, 0) is 16.0 Å². The van der Waals surface area contributed by atoms with E-state index in [0.29, 0.717) is 31.9 Å². The third-order valence-corrected chi connectivity index (χ3v) is 5.70. The molecule has 3 rings (SSSR count). The predicted molar refractivity (Wildman–Crippen MR) is 115 cm³/mol. The Morgan fingerprint density at radius 3 is 2.66 bits per heavy atom. The first-order valence-electron chi connectivity index (χ1n) is 9.82. The van der Waals surface area contributed by atoms with Gasteiger partial charge in [-0.3, -0.25) is 9.59 Å². The van der Waals surface area contributed by atoms with Crippen LogP contribution >= 0.6 is 11.8 Å². The van der Waals surface area contributed by atoms with Crippen molar-refractivity contribution >= 4 is 29.3 Å². The molecule has 0 saturated carbocycles. The third-order valence-electron chi connectivity index (χ3n) is 4.42. The molecule has 0 spiro atoms. The van der Waals surface area contributed by atoms with E-state index in [2.05, 4.69) is 10.6 Å². The van der Waals surface area contributed by atoms with Gasteiger partial charge in [0.1, 0.15) is 0 Å². The van der Waals surface area contributed by atoms with Crippen LogP contribution in [-0.4, -0.2) is 36.8 Å². The highest BCUT2D eigenvalue weighted by Gasteiger charge is 2.28. The van der Waals surface area contributed by atoms with Crippen LogP contribution in [0.25, 0.3) is 0 Å². The molecule has 1 aliphatic heterocycles. The van der Waals surface area contributed by atoms with Crippen molar-refractivity contribution in [2.24, 2.45) is 0 Å². The van der Waals surface area contributed by atoms with Crippen LogP contribution in [0.15, 0.2) is 47.4 Å². The number of carbonyl (C=O) groups is 2. The highest BCUT2D eigenvalue weighted by atomic mass is 32.2. The van der Waals surface area contributed by atoms with E-state index < -0.39 is 5.25 Å². The van der Waals surface area contributed by atoms with E-state index in [1.807, 2.05) is 56.3 Å². The van der Waals surface area contributed by atoms with Crippen molar-refractivity contribution in [1.82, 2.24) is 5.32 Å². The number of fused-ring (bicyclic) bond motifs is 1. The normalized spacial score (nSPS) is 15.2. The van der Waals surface area contributed by atoms with Crippen LogP contribution < -0.4 is 20.1 Å². The van der Waals surface area contributed by atoms with Gasteiger partial charge in [0.15, 0.2) is 11.5 Å². The molecule has 0 fully saturated rings. The van der Waals surface area contributed by atoms with Crippen LogP contribution in [0, 0.1) is 0 Å². The second-order valence-corrected chi connectivity index (χ2v) is 7.79. The third kappa shape index (κ3) is 5.67. The molecular weight excluding hydrogens is 388 g/mol. The molecular formula is C22H26N2O4S. The fourth-order valence-electron chi connectivity index (χ4n) is 3.06. The molecule has 1 aliphatic rings. The van der Waals surface area contributed by atoms with Gasteiger partial charge < -0.3 is 20.1 Å². The molecule has 0 aromatic heterocycles. The van der Waals surface area contributed by atoms with Gasteiger partial charge in [-0.2, -0.15) is 0 Å². The lowest BCUT2D eigenvalue weighted by Crippen LogP contribution is -2.35. The van der Waals surface area contributed by atoms with E-state index >= 15 is 0 Å². The van der Waals surface area contributed by atoms with E-state index in [9.17, 15) is 9.59 Å². The van der Waals surface area contributed by atoms with Gasteiger partial charge in [-0.05, 0) is 50.1 Å². The molecule has 1 unspecified atom stereocenters. The molecule has 154 valence electrons. The van der Waals surface area contributed by atoms with Crippen molar-refractivity contribution < 1.29 is 19.1 Å². The Hall–Kier alpha value is -2.67. The monoisotopic (exact) mass is 414 g/mol. The maximum Gasteiger partial charge on any atom is 0.238 e. The van der Waals surface area contributed by atoms with Gasteiger partial charge in [0.2, 0.25) is 11.8 Å². The van der Waals surface area contributed by atoms with E-state index in [4.69, 9.17) is 9.47 Å². The minimum absolute atomic E-state index is 0.128. The zero-order chi connectivity index (χ0) is 20.6. The maximum absolute atomic E-state index is 12.3. The molecule has 2 aromatic carbocycles. The van der Waals surface area contributed by atoms with Crippen molar-refractivity contribution in [3.63, 3.8) is 0 Å². The van der Waals surface area contributed by atoms with E-state index in [1.54, 1.807) is 0 Å². The lowest BCUT2D eigenvalue weighted by Gasteiger charge is -2.23. The van der Waals surface area contributed by atoms with Crippen molar-refractivity contribution in [1.29, 1.82) is 0 Å². The lowest BCUT2D eigenvalue weighted by atomic mass is 10.1.